The van der Waals surface area contributed by atoms with Gasteiger partial charge in [-0.15, -0.1) is 0 Å². The highest BCUT2D eigenvalue weighted by Crippen LogP contribution is 2.51. The molecule has 2 fully saturated rings. The van der Waals surface area contributed by atoms with Crippen molar-refractivity contribution in [1.29, 1.82) is 0 Å². The molecular formula is C11H21NS. The molecule has 1 unspecified atom stereocenters. The van der Waals surface area contributed by atoms with Crippen LogP contribution < -0.4 is 5.32 Å². The fourth-order valence-corrected chi connectivity index (χ4v) is 3.24. The molecule has 0 radical (unpaired) electrons. The highest BCUT2D eigenvalue weighted by atomic mass is 32.2. The lowest BCUT2D eigenvalue weighted by atomic mass is 10.1. The first-order chi connectivity index (χ1) is 6.18. The second-order valence-electron chi connectivity index (χ2n) is 5.18. The molecule has 0 bridgehead atoms. The van der Waals surface area contributed by atoms with Crippen LogP contribution in [0.2, 0.25) is 0 Å². The average molecular weight is 199 g/mol. The number of hydrogen-bond donors (Lipinski definition) is 1. The topological polar surface area (TPSA) is 12.0 Å². The van der Waals surface area contributed by atoms with Crippen molar-refractivity contribution in [2.24, 2.45) is 11.3 Å². The van der Waals surface area contributed by atoms with E-state index in [1.807, 2.05) is 0 Å². The molecule has 1 saturated heterocycles. The average Bonchev–Trinajstić information content (AvgIpc) is 2.73. The molecule has 0 aromatic carbocycles. The summed E-state index contributed by atoms with van der Waals surface area (Å²) in [5.74, 6) is 3.69. The third kappa shape index (κ3) is 2.63. The molecule has 1 heterocycles. The maximum absolute atomic E-state index is 3.73. The van der Waals surface area contributed by atoms with E-state index in [0.717, 1.165) is 12.0 Å². The summed E-state index contributed by atoms with van der Waals surface area (Å²) in [5.41, 5.74) is 0.649. The van der Waals surface area contributed by atoms with Gasteiger partial charge in [0.2, 0.25) is 0 Å². The van der Waals surface area contributed by atoms with E-state index in [4.69, 9.17) is 0 Å². The van der Waals surface area contributed by atoms with Crippen LogP contribution in [0.25, 0.3) is 0 Å². The Morgan fingerprint density at radius 2 is 1.92 bits per heavy atom. The zero-order valence-electron chi connectivity index (χ0n) is 8.81. The molecule has 0 amide bonds. The van der Waals surface area contributed by atoms with Crippen LogP contribution in [0.5, 0.6) is 0 Å². The van der Waals surface area contributed by atoms with Gasteiger partial charge in [0.1, 0.15) is 0 Å². The van der Waals surface area contributed by atoms with E-state index < -0.39 is 0 Å². The Bertz CT molecular complexity index is 173. The standard InChI is InChI=1S/C11H21NS/c1-11(2)7-9(11)8-12-10-3-5-13-6-4-10/h9-10,12H,3-8H2,1-2H3. The van der Waals surface area contributed by atoms with Crippen LogP contribution in [0.3, 0.4) is 0 Å². The monoisotopic (exact) mass is 199 g/mol. The maximum atomic E-state index is 3.73. The molecule has 76 valence electrons. The van der Waals surface area contributed by atoms with Crippen molar-refractivity contribution >= 4 is 11.8 Å². The summed E-state index contributed by atoms with van der Waals surface area (Å²) < 4.78 is 0. The Hall–Kier alpha value is 0.310. The zero-order chi connectivity index (χ0) is 9.31. The molecule has 0 aromatic rings. The minimum Gasteiger partial charge on any atom is -0.314 e. The summed E-state index contributed by atoms with van der Waals surface area (Å²) in [6.45, 7) is 6.04. The number of hydrogen-bond acceptors (Lipinski definition) is 2. The lowest BCUT2D eigenvalue weighted by molar-refractivity contribution is 0.441. The van der Waals surface area contributed by atoms with Crippen LogP contribution in [0.15, 0.2) is 0 Å². The summed E-state index contributed by atoms with van der Waals surface area (Å²) in [6.07, 6.45) is 4.21. The first-order valence-electron chi connectivity index (χ1n) is 5.49. The molecule has 1 saturated carbocycles. The fourth-order valence-electron chi connectivity index (χ4n) is 2.14. The first-order valence-corrected chi connectivity index (χ1v) is 6.65. The van der Waals surface area contributed by atoms with Gasteiger partial charge < -0.3 is 5.32 Å². The molecular weight excluding hydrogens is 178 g/mol. The molecule has 0 spiro atoms. The van der Waals surface area contributed by atoms with E-state index in [1.54, 1.807) is 0 Å². The molecule has 1 N–H and O–H groups in total. The van der Waals surface area contributed by atoms with Gasteiger partial charge in [0.15, 0.2) is 0 Å². The van der Waals surface area contributed by atoms with Crippen LogP contribution in [-0.2, 0) is 0 Å². The van der Waals surface area contributed by atoms with E-state index in [9.17, 15) is 0 Å². The van der Waals surface area contributed by atoms with E-state index in [-0.39, 0.29) is 0 Å². The van der Waals surface area contributed by atoms with Gasteiger partial charge in [-0.3, -0.25) is 0 Å². The Morgan fingerprint density at radius 3 is 2.46 bits per heavy atom. The Balaban J connectivity index is 1.62. The van der Waals surface area contributed by atoms with Gasteiger partial charge in [-0.1, -0.05) is 13.8 Å². The van der Waals surface area contributed by atoms with Gasteiger partial charge in [-0.05, 0) is 48.6 Å². The molecule has 1 aliphatic heterocycles. The van der Waals surface area contributed by atoms with Crippen molar-refractivity contribution in [3.05, 3.63) is 0 Å². The number of thioether (sulfide) groups is 1. The van der Waals surface area contributed by atoms with Gasteiger partial charge in [0.25, 0.3) is 0 Å². The molecule has 2 heteroatoms. The first kappa shape index (κ1) is 9.85. The fraction of sp³-hybridized carbons (Fsp3) is 1.00. The smallest absolute Gasteiger partial charge is 0.00828 e. The van der Waals surface area contributed by atoms with Crippen molar-refractivity contribution < 1.29 is 0 Å². The minimum atomic E-state index is 0.649. The highest BCUT2D eigenvalue weighted by Gasteiger charge is 2.45. The summed E-state index contributed by atoms with van der Waals surface area (Å²) in [4.78, 5) is 0. The summed E-state index contributed by atoms with van der Waals surface area (Å²) >= 11 is 2.11. The predicted octanol–water partition coefficient (Wildman–Crippen LogP) is 2.52. The zero-order valence-corrected chi connectivity index (χ0v) is 9.62. The van der Waals surface area contributed by atoms with Crippen molar-refractivity contribution in [3.8, 4) is 0 Å². The van der Waals surface area contributed by atoms with Gasteiger partial charge in [0, 0.05) is 6.04 Å². The van der Waals surface area contributed by atoms with Gasteiger partial charge in [-0.2, -0.15) is 11.8 Å². The molecule has 1 aliphatic carbocycles. The van der Waals surface area contributed by atoms with Crippen LogP contribution in [0, 0.1) is 11.3 Å². The molecule has 1 atom stereocenters. The second kappa shape index (κ2) is 3.82. The van der Waals surface area contributed by atoms with E-state index in [1.165, 1.54) is 37.3 Å². The van der Waals surface area contributed by atoms with Gasteiger partial charge in [0.05, 0.1) is 0 Å². The van der Waals surface area contributed by atoms with Gasteiger partial charge >= 0.3 is 0 Å². The molecule has 0 aromatic heterocycles. The van der Waals surface area contributed by atoms with E-state index in [2.05, 4.69) is 30.9 Å². The molecule has 2 rings (SSSR count). The maximum Gasteiger partial charge on any atom is 0.00828 e. The van der Waals surface area contributed by atoms with Gasteiger partial charge in [-0.25, -0.2) is 0 Å². The Labute approximate surface area is 86.0 Å². The van der Waals surface area contributed by atoms with Crippen LogP contribution in [0.4, 0.5) is 0 Å². The van der Waals surface area contributed by atoms with E-state index in [0.29, 0.717) is 5.41 Å². The largest absolute Gasteiger partial charge is 0.314 e. The van der Waals surface area contributed by atoms with Crippen LogP contribution in [-0.4, -0.2) is 24.1 Å². The Kier molecular flexibility index (Phi) is 2.89. The summed E-state index contributed by atoms with van der Waals surface area (Å²) in [7, 11) is 0. The quantitative estimate of drug-likeness (QED) is 0.749. The van der Waals surface area contributed by atoms with E-state index >= 15 is 0 Å². The lowest BCUT2D eigenvalue weighted by Crippen LogP contribution is -2.34. The van der Waals surface area contributed by atoms with Crippen molar-refractivity contribution in [2.75, 3.05) is 18.1 Å². The second-order valence-corrected chi connectivity index (χ2v) is 6.41. The lowest BCUT2D eigenvalue weighted by Gasteiger charge is -2.22. The van der Waals surface area contributed by atoms with Crippen molar-refractivity contribution in [1.82, 2.24) is 5.32 Å². The normalized spacial score (nSPS) is 33.2. The highest BCUT2D eigenvalue weighted by molar-refractivity contribution is 7.99. The molecule has 1 nitrogen and oxygen atoms in total. The molecule has 2 aliphatic rings. The van der Waals surface area contributed by atoms with Crippen molar-refractivity contribution in [3.63, 3.8) is 0 Å². The number of nitrogens with one attached hydrogen (secondary N) is 1. The number of rotatable bonds is 3. The minimum absolute atomic E-state index is 0.649. The Morgan fingerprint density at radius 1 is 1.31 bits per heavy atom. The van der Waals surface area contributed by atoms with Crippen LogP contribution >= 0.6 is 11.8 Å². The predicted molar refractivity (Wildman–Crippen MR) is 60.2 cm³/mol. The molecule has 13 heavy (non-hydrogen) atoms. The van der Waals surface area contributed by atoms with Crippen LogP contribution in [0.1, 0.15) is 33.1 Å². The van der Waals surface area contributed by atoms with Crippen molar-refractivity contribution in [2.45, 2.75) is 39.2 Å². The summed E-state index contributed by atoms with van der Waals surface area (Å²) in [6, 6.07) is 0.831. The third-order valence-electron chi connectivity index (χ3n) is 3.59. The third-order valence-corrected chi connectivity index (χ3v) is 4.64. The summed E-state index contributed by atoms with van der Waals surface area (Å²) in [5, 5.41) is 3.73. The SMILES string of the molecule is CC1(C)CC1CNC1CCSCC1.